The Hall–Kier alpha value is -2.49. The standard InChI is InChI=1S/C19H21NO3/c1-20-19(21)16-7-3-5-13(10-16)9-14-11-15-6-4-8-17(22-2)18(15)23-12-14/h3-8,10,14H,9,11-12H2,1-2H3,(H,20,21). The molecule has 0 aliphatic carbocycles. The minimum atomic E-state index is -0.0539. The highest BCUT2D eigenvalue weighted by Gasteiger charge is 2.23. The molecule has 2 aromatic carbocycles. The summed E-state index contributed by atoms with van der Waals surface area (Å²) in [5.74, 6) is 2.00. The molecule has 1 amide bonds. The molecule has 0 aromatic heterocycles. The van der Waals surface area contributed by atoms with Gasteiger partial charge >= 0.3 is 0 Å². The molecule has 3 rings (SSSR count). The molecule has 2 aromatic rings. The van der Waals surface area contributed by atoms with Crippen molar-refractivity contribution in [1.82, 2.24) is 5.32 Å². The number of ether oxygens (including phenoxy) is 2. The first kappa shape index (κ1) is 15.4. The van der Waals surface area contributed by atoms with E-state index in [0.29, 0.717) is 18.1 Å². The number of carbonyl (C=O) groups excluding carboxylic acids is 1. The normalized spacial score (nSPS) is 16.2. The zero-order valence-corrected chi connectivity index (χ0v) is 13.5. The molecule has 0 fully saturated rings. The number of methoxy groups -OCH3 is 1. The molecule has 4 heteroatoms. The lowest BCUT2D eigenvalue weighted by Crippen LogP contribution is -2.23. The van der Waals surface area contributed by atoms with Crippen molar-refractivity contribution in [2.75, 3.05) is 20.8 Å². The number of rotatable bonds is 4. The first-order valence-electron chi connectivity index (χ1n) is 7.81. The first-order chi connectivity index (χ1) is 11.2. The molecule has 4 nitrogen and oxygen atoms in total. The third-order valence-corrected chi connectivity index (χ3v) is 4.19. The lowest BCUT2D eigenvalue weighted by atomic mass is 9.90. The van der Waals surface area contributed by atoms with Crippen molar-refractivity contribution >= 4 is 5.91 Å². The van der Waals surface area contributed by atoms with Gasteiger partial charge in [0.05, 0.1) is 13.7 Å². The summed E-state index contributed by atoms with van der Waals surface area (Å²) in [6.07, 6.45) is 1.85. The fraction of sp³-hybridized carbons (Fsp3) is 0.316. The number of fused-ring (bicyclic) bond motifs is 1. The van der Waals surface area contributed by atoms with Gasteiger partial charge in [0.15, 0.2) is 11.5 Å². The molecule has 120 valence electrons. The van der Waals surface area contributed by atoms with Gasteiger partial charge in [0, 0.05) is 18.5 Å². The summed E-state index contributed by atoms with van der Waals surface area (Å²) >= 11 is 0. The van der Waals surface area contributed by atoms with Crippen molar-refractivity contribution in [3.8, 4) is 11.5 Å². The van der Waals surface area contributed by atoms with Gasteiger partial charge < -0.3 is 14.8 Å². The molecular formula is C19H21NO3. The number of nitrogens with one attached hydrogen (secondary N) is 1. The fourth-order valence-corrected chi connectivity index (χ4v) is 3.07. The Morgan fingerprint density at radius 1 is 1.30 bits per heavy atom. The van der Waals surface area contributed by atoms with Gasteiger partial charge in [0.2, 0.25) is 0 Å². The van der Waals surface area contributed by atoms with E-state index in [1.54, 1.807) is 14.2 Å². The summed E-state index contributed by atoms with van der Waals surface area (Å²) in [6, 6.07) is 13.8. The van der Waals surface area contributed by atoms with Gasteiger partial charge in [-0.25, -0.2) is 0 Å². The van der Waals surface area contributed by atoms with E-state index in [1.165, 1.54) is 5.56 Å². The predicted molar refractivity (Wildman–Crippen MR) is 89.2 cm³/mol. The van der Waals surface area contributed by atoms with Crippen LogP contribution in [0.2, 0.25) is 0 Å². The molecule has 0 saturated heterocycles. The van der Waals surface area contributed by atoms with Crippen molar-refractivity contribution in [2.24, 2.45) is 5.92 Å². The molecule has 1 aliphatic heterocycles. The van der Waals surface area contributed by atoms with E-state index >= 15 is 0 Å². The Labute approximate surface area is 136 Å². The van der Waals surface area contributed by atoms with Crippen molar-refractivity contribution in [3.05, 3.63) is 59.2 Å². The van der Waals surface area contributed by atoms with Crippen LogP contribution in [0, 0.1) is 5.92 Å². The van der Waals surface area contributed by atoms with Crippen LogP contribution in [0.4, 0.5) is 0 Å². The summed E-state index contributed by atoms with van der Waals surface area (Å²) in [4.78, 5) is 11.7. The summed E-state index contributed by atoms with van der Waals surface area (Å²) in [5, 5.41) is 2.66. The van der Waals surface area contributed by atoms with E-state index in [1.807, 2.05) is 30.3 Å². The third-order valence-electron chi connectivity index (χ3n) is 4.19. The number of amides is 1. The molecule has 0 bridgehead atoms. The number of hydrogen-bond acceptors (Lipinski definition) is 3. The van der Waals surface area contributed by atoms with Gasteiger partial charge in [0.25, 0.3) is 5.91 Å². The van der Waals surface area contributed by atoms with Gasteiger partial charge in [-0.1, -0.05) is 24.3 Å². The average Bonchev–Trinajstić information content (AvgIpc) is 2.60. The fourth-order valence-electron chi connectivity index (χ4n) is 3.07. The van der Waals surface area contributed by atoms with Crippen LogP contribution < -0.4 is 14.8 Å². The second-order valence-corrected chi connectivity index (χ2v) is 5.81. The predicted octanol–water partition coefficient (Wildman–Crippen LogP) is 2.85. The highest BCUT2D eigenvalue weighted by atomic mass is 16.5. The summed E-state index contributed by atoms with van der Waals surface area (Å²) in [6.45, 7) is 0.664. The van der Waals surface area contributed by atoms with E-state index in [9.17, 15) is 4.79 Å². The molecule has 0 saturated carbocycles. The van der Waals surface area contributed by atoms with Crippen LogP contribution in [0.15, 0.2) is 42.5 Å². The second kappa shape index (κ2) is 6.73. The lowest BCUT2D eigenvalue weighted by molar-refractivity contribution is 0.0963. The zero-order valence-electron chi connectivity index (χ0n) is 13.5. The van der Waals surface area contributed by atoms with Crippen LogP contribution in [0.3, 0.4) is 0 Å². The van der Waals surface area contributed by atoms with Crippen LogP contribution in [0.5, 0.6) is 11.5 Å². The SMILES string of the molecule is CNC(=O)c1cccc(CC2COc3c(cccc3OC)C2)c1. The molecule has 1 N–H and O–H groups in total. The monoisotopic (exact) mass is 311 g/mol. The molecular weight excluding hydrogens is 290 g/mol. The lowest BCUT2D eigenvalue weighted by Gasteiger charge is -2.26. The van der Waals surface area contributed by atoms with E-state index in [4.69, 9.17) is 9.47 Å². The average molecular weight is 311 g/mol. The minimum absolute atomic E-state index is 0.0539. The number of benzene rings is 2. The maximum atomic E-state index is 11.7. The molecule has 1 heterocycles. The van der Waals surface area contributed by atoms with Crippen molar-refractivity contribution in [2.45, 2.75) is 12.8 Å². The highest BCUT2D eigenvalue weighted by Crippen LogP contribution is 2.36. The molecule has 1 atom stereocenters. The van der Waals surface area contributed by atoms with Crippen molar-refractivity contribution in [1.29, 1.82) is 0 Å². The van der Waals surface area contributed by atoms with E-state index in [2.05, 4.69) is 17.4 Å². The quantitative estimate of drug-likeness (QED) is 0.944. The Bertz CT molecular complexity index is 712. The van der Waals surface area contributed by atoms with Crippen LogP contribution in [-0.2, 0) is 12.8 Å². The van der Waals surface area contributed by atoms with Crippen molar-refractivity contribution in [3.63, 3.8) is 0 Å². The molecule has 0 radical (unpaired) electrons. The molecule has 1 aliphatic rings. The van der Waals surface area contributed by atoms with E-state index in [-0.39, 0.29) is 5.91 Å². The van der Waals surface area contributed by atoms with Gasteiger partial charge in [-0.05, 0) is 42.2 Å². The molecule has 0 spiro atoms. The Balaban J connectivity index is 1.74. The highest BCUT2D eigenvalue weighted by molar-refractivity contribution is 5.94. The maximum absolute atomic E-state index is 11.7. The third kappa shape index (κ3) is 3.31. The Morgan fingerprint density at radius 3 is 2.91 bits per heavy atom. The van der Waals surface area contributed by atoms with Crippen LogP contribution in [0.25, 0.3) is 0 Å². The molecule has 23 heavy (non-hydrogen) atoms. The Morgan fingerprint density at radius 2 is 2.13 bits per heavy atom. The van der Waals surface area contributed by atoms with Crippen LogP contribution >= 0.6 is 0 Å². The van der Waals surface area contributed by atoms with Gasteiger partial charge in [-0.3, -0.25) is 4.79 Å². The maximum Gasteiger partial charge on any atom is 0.251 e. The van der Waals surface area contributed by atoms with Crippen LogP contribution in [-0.4, -0.2) is 26.7 Å². The smallest absolute Gasteiger partial charge is 0.251 e. The second-order valence-electron chi connectivity index (χ2n) is 5.81. The van der Waals surface area contributed by atoms with E-state index in [0.717, 1.165) is 29.9 Å². The topological polar surface area (TPSA) is 47.6 Å². The zero-order chi connectivity index (χ0) is 16.2. The van der Waals surface area contributed by atoms with Crippen LogP contribution in [0.1, 0.15) is 21.5 Å². The van der Waals surface area contributed by atoms with Gasteiger partial charge in [-0.2, -0.15) is 0 Å². The summed E-state index contributed by atoms with van der Waals surface area (Å²) in [7, 11) is 3.31. The summed E-state index contributed by atoms with van der Waals surface area (Å²) < 4.78 is 11.3. The number of para-hydroxylation sites is 1. The molecule has 1 unspecified atom stereocenters. The van der Waals surface area contributed by atoms with E-state index < -0.39 is 0 Å². The van der Waals surface area contributed by atoms with Gasteiger partial charge in [0.1, 0.15) is 0 Å². The summed E-state index contributed by atoms with van der Waals surface area (Å²) in [5.41, 5.74) is 3.04. The number of carbonyl (C=O) groups is 1. The Kier molecular flexibility index (Phi) is 4.51. The number of hydrogen-bond donors (Lipinski definition) is 1. The van der Waals surface area contributed by atoms with Crippen molar-refractivity contribution < 1.29 is 14.3 Å². The largest absolute Gasteiger partial charge is 0.493 e. The minimum Gasteiger partial charge on any atom is -0.493 e. The van der Waals surface area contributed by atoms with Gasteiger partial charge in [-0.15, -0.1) is 0 Å². The first-order valence-corrected chi connectivity index (χ1v) is 7.81.